The molecule has 3 saturated heterocycles. The molecule has 11 heteroatoms. The van der Waals surface area contributed by atoms with E-state index in [-0.39, 0.29) is 12.3 Å². The second-order valence-corrected chi connectivity index (χ2v) is 12.4. The van der Waals surface area contributed by atoms with Gasteiger partial charge in [0.1, 0.15) is 29.3 Å². The molecular weight excluding hydrogens is 552 g/mol. The Morgan fingerprint density at radius 2 is 1.64 bits per heavy atom. The number of piperidine rings is 2. The van der Waals surface area contributed by atoms with Crippen LogP contribution in [0, 0.1) is 5.41 Å². The Bertz CT molecular complexity index is 1680. The minimum absolute atomic E-state index is 0.0413. The van der Waals surface area contributed by atoms with Gasteiger partial charge in [-0.05, 0) is 67.5 Å². The number of ether oxygens (including phenoxy) is 1. The number of fused-ring (bicyclic) bond motifs is 1. The van der Waals surface area contributed by atoms with Crippen LogP contribution in [0.15, 0.2) is 77.8 Å². The van der Waals surface area contributed by atoms with Gasteiger partial charge in [-0.1, -0.05) is 18.2 Å². The molecule has 0 bridgehead atoms. The lowest BCUT2D eigenvalue weighted by Gasteiger charge is -2.49. The molecule has 0 aliphatic carbocycles. The Balaban J connectivity index is 0.941. The first-order valence-electron chi connectivity index (χ1n) is 15.7. The third-order valence-electron chi connectivity index (χ3n) is 9.73. The molecule has 4 aliphatic heterocycles. The molecule has 11 nitrogen and oxygen atoms in total. The average Bonchev–Trinajstić information content (AvgIpc) is 3.46. The standard InChI is InChI=1S/C33H38N10O/c34-30-28-29(23-6-8-27(9-7-23)44-26-4-2-1-3-5-26)40-43(31(28)39-22-38-30)24-10-14-41(15-11-24)25-18-36-32(37-19-25)42-16-12-33(13-17-42)20-35-21-33/h1-9,18-19,22,24,32,35-36H,10-17,20-21H2,(H2,34,38,39). The van der Waals surface area contributed by atoms with E-state index in [0.29, 0.717) is 11.2 Å². The highest BCUT2D eigenvalue weighted by Crippen LogP contribution is 2.37. The van der Waals surface area contributed by atoms with E-state index in [2.05, 4.69) is 47.5 Å². The summed E-state index contributed by atoms with van der Waals surface area (Å²) in [5.41, 5.74) is 10.6. The predicted octanol–water partition coefficient (Wildman–Crippen LogP) is 3.99. The highest BCUT2D eigenvalue weighted by Gasteiger charge is 2.41. The fourth-order valence-electron chi connectivity index (χ4n) is 6.96. The van der Waals surface area contributed by atoms with E-state index in [1.54, 1.807) is 0 Å². The molecule has 4 N–H and O–H groups in total. The third kappa shape index (κ3) is 5.05. The molecule has 2 aromatic heterocycles. The lowest BCUT2D eigenvalue weighted by molar-refractivity contribution is 0.0314. The summed E-state index contributed by atoms with van der Waals surface area (Å²) in [6, 6.07) is 17.9. The summed E-state index contributed by atoms with van der Waals surface area (Å²) in [6.45, 7) is 6.38. The Morgan fingerprint density at radius 1 is 0.886 bits per heavy atom. The van der Waals surface area contributed by atoms with Crippen molar-refractivity contribution in [3.8, 4) is 22.8 Å². The zero-order chi connectivity index (χ0) is 29.5. The first-order chi connectivity index (χ1) is 21.6. The first kappa shape index (κ1) is 27.1. The van der Waals surface area contributed by atoms with Crippen LogP contribution in [0.3, 0.4) is 0 Å². The molecule has 4 aromatic rings. The van der Waals surface area contributed by atoms with Crippen LogP contribution in [0.1, 0.15) is 31.7 Å². The molecule has 44 heavy (non-hydrogen) atoms. The van der Waals surface area contributed by atoms with Crippen molar-refractivity contribution >= 4 is 23.1 Å². The van der Waals surface area contributed by atoms with Crippen LogP contribution in [-0.4, -0.2) is 81.3 Å². The number of likely N-dealkylation sites (tertiary alicyclic amines) is 2. The second-order valence-electron chi connectivity index (χ2n) is 12.4. The number of allylic oxidation sites excluding steroid dienone is 1. The van der Waals surface area contributed by atoms with Gasteiger partial charge in [0, 0.05) is 51.0 Å². The van der Waals surface area contributed by atoms with Crippen LogP contribution in [0.5, 0.6) is 11.5 Å². The Labute approximate surface area is 256 Å². The highest BCUT2D eigenvalue weighted by atomic mass is 16.5. The zero-order valence-electron chi connectivity index (χ0n) is 24.8. The SMILES string of the molecule is Nc1ncnc2c1c(-c1ccc(Oc3ccccc3)cc1)nn2C1CCN(C2=CNC(N3CCC4(CC3)CNC4)N=C2)CC1. The van der Waals surface area contributed by atoms with Crippen molar-refractivity contribution in [1.82, 2.24) is 40.2 Å². The van der Waals surface area contributed by atoms with Gasteiger partial charge in [0.25, 0.3) is 0 Å². The van der Waals surface area contributed by atoms with Gasteiger partial charge >= 0.3 is 0 Å². The summed E-state index contributed by atoms with van der Waals surface area (Å²) < 4.78 is 8.05. The average molecular weight is 591 g/mol. The number of para-hydroxylation sites is 1. The van der Waals surface area contributed by atoms with Gasteiger partial charge in [-0.15, -0.1) is 0 Å². The van der Waals surface area contributed by atoms with Gasteiger partial charge in [0.05, 0.1) is 23.3 Å². The van der Waals surface area contributed by atoms with Crippen LogP contribution >= 0.6 is 0 Å². The summed E-state index contributed by atoms with van der Waals surface area (Å²) >= 11 is 0. The summed E-state index contributed by atoms with van der Waals surface area (Å²) in [5, 5.41) is 12.9. The van der Waals surface area contributed by atoms with Crippen LogP contribution in [0.4, 0.5) is 5.82 Å². The largest absolute Gasteiger partial charge is 0.457 e. The second kappa shape index (κ2) is 11.2. The molecule has 4 aliphatic rings. The Morgan fingerprint density at radius 3 is 2.32 bits per heavy atom. The molecule has 0 saturated carbocycles. The monoisotopic (exact) mass is 590 g/mol. The fourth-order valence-corrected chi connectivity index (χ4v) is 6.96. The molecule has 1 atom stereocenters. The number of hydrogen-bond acceptors (Lipinski definition) is 10. The zero-order valence-corrected chi connectivity index (χ0v) is 24.8. The van der Waals surface area contributed by atoms with Crippen molar-refractivity contribution in [2.75, 3.05) is 45.0 Å². The number of nitrogens with one attached hydrogen (secondary N) is 2. The van der Waals surface area contributed by atoms with E-state index < -0.39 is 0 Å². The maximum Gasteiger partial charge on any atom is 0.175 e. The molecule has 226 valence electrons. The Kier molecular flexibility index (Phi) is 6.91. The molecule has 8 rings (SSSR count). The van der Waals surface area contributed by atoms with E-state index in [1.807, 2.05) is 54.6 Å². The fraction of sp³-hybridized carbons (Fsp3) is 0.394. The smallest absolute Gasteiger partial charge is 0.175 e. The van der Waals surface area contributed by atoms with Gasteiger partial charge in [0.15, 0.2) is 11.9 Å². The number of rotatable bonds is 6. The van der Waals surface area contributed by atoms with E-state index in [0.717, 1.165) is 78.5 Å². The Hall–Kier alpha value is -4.48. The molecular formula is C33H38N10O. The normalized spacial score (nSPS) is 22.0. The number of hydrogen-bond donors (Lipinski definition) is 3. The van der Waals surface area contributed by atoms with E-state index in [1.165, 1.54) is 32.3 Å². The maximum atomic E-state index is 6.40. The summed E-state index contributed by atoms with van der Waals surface area (Å²) in [5.74, 6) is 2.00. The molecule has 2 aromatic carbocycles. The highest BCUT2D eigenvalue weighted by molar-refractivity contribution is 5.98. The van der Waals surface area contributed by atoms with Gasteiger partial charge in [0.2, 0.25) is 0 Å². The van der Waals surface area contributed by atoms with E-state index in [4.69, 9.17) is 20.6 Å². The summed E-state index contributed by atoms with van der Waals surface area (Å²) in [4.78, 5) is 18.7. The molecule has 6 heterocycles. The number of benzene rings is 2. The first-order valence-corrected chi connectivity index (χ1v) is 15.7. The van der Waals surface area contributed by atoms with Crippen molar-refractivity contribution in [2.45, 2.75) is 38.0 Å². The topological polar surface area (TPSA) is 122 Å². The van der Waals surface area contributed by atoms with Gasteiger partial charge in [-0.2, -0.15) is 5.10 Å². The van der Waals surface area contributed by atoms with Crippen molar-refractivity contribution in [3.05, 3.63) is 72.8 Å². The number of nitrogen functional groups attached to an aromatic ring is 1. The quantitative estimate of drug-likeness (QED) is 0.306. The van der Waals surface area contributed by atoms with Crippen LogP contribution in [0.2, 0.25) is 0 Å². The van der Waals surface area contributed by atoms with Crippen LogP contribution in [0.25, 0.3) is 22.3 Å². The molecule has 3 fully saturated rings. The minimum atomic E-state index is 0.0413. The predicted molar refractivity (Wildman–Crippen MR) is 171 cm³/mol. The van der Waals surface area contributed by atoms with Gasteiger partial charge < -0.3 is 26.0 Å². The van der Waals surface area contributed by atoms with Crippen molar-refractivity contribution in [2.24, 2.45) is 10.4 Å². The number of nitrogens with zero attached hydrogens (tertiary/aromatic N) is 7. The number of aromatic nitrogens is 4. The lowest BCUT2D eigenvalue weighted by Crippen LogP contribution is -2.60. The summed E-state index contributed by atoms with van der Waals surface area (Å²) in [7, 11) is 0. The molecule has 0 amide bonds. The number of aliphatic imine (C=N–C) groups is 1. The number of nitrogens with two attached hydrogens (primary N) is 1. The van der Waals surface area contributed by atoms with Crippen molar-refractivity contribution in [3.63, 3.8) is 0 Å². The third-order valence-corrected chi connectivity index (χ3v) is 9.73. The lowest BCUT2D eigenvalue weighted by atomic mass is 9.73. The van der Waals surface area contributed by atoms with Crippen molar-refractivity contribution < 1.29 is 4.74 Å². The summed E-state index contributed by atoms with van der Waals surface area (Å²) in [6.07, 6.45) is 10.2. The minimum Gasteiger partial charge on any atom is -0.457 e. The van der Waals surface area contributed by atoms with E-state index in [9.17, 15) is 0 Å². The van der Waals surface area contributed by atoms with Crippen LogP contribution < -0.4 is 21.1 Å². The van der Waals surface area contributed by atoms with Crippen LogP contribution in [-0.2, 0) is 0 Å². The molecule has 1 unspecified atom stereocenters. The molecule has 1 spiro atoms. The van der Waals surface area contributed by atoms with Crippen molar-refractivity contribution in [1.29, 1.82) is 0 Å². The number of anilines is 1. The van der Waals surface area contributed by atoms with E-state index >= 15 is 0 Å². The molecule has 0 radical (unpaired) electrons. The maximum absolute atomic E-state index is 6.40. The van der Waals surface area contributed by atoms with Gasteiger partial charge in [-0.3, -0.25) is 9.89 Å². The van der Waals surface area contributed by atoms with Gasteiger partial charge in [-0.25, -0.2) is 14.6 Å².